The minimum absolute atomic E-state index is 0.0512. The van der Waals surface area contributed by atoms with Crippen LogP contribution >= 0.6 is 11.3 Å². The number of carbonyl (C=O) groups is 4. The first-order chi connectivity index (χ1) is 19.4. The van der Waals surface area contributed by atoms with Gasteiger partial charge in [-0.25, -0.2) is 4.39 Å². The van der Waals surface area contributed by atoms with E-state index in [1.165, 1.54) is 38.1 Å². The Morgan fingerprint density at radius 1 is 1.00 bits per heavy atom. The molecular weight excluding hydrogens is 567 g/mol. The van der Waals surface area contributed by atoms with E-state index < -0.39 is 59.0 Å². The van der Waals surface area contributed by atoms with Crippen molar-refractivity contribution in [3.05, 3.63) is 45.3 Å². The van der Waals surface area contributed by atoms with Gasteiger partial charge in [0.25, 0.3) is 0 Å². The summed E-state index contributed by atoms with van der Waals surface area (Å²) in [4.78, 5) is 68.4. The summed E-state index contributed by atoms with van der Waals surface area (Å²) in [5.41, 5.74) is 0.544. The van der Waals surface area contributed by atoms with Gasteiger partial charge in [-0.1, -0.05) is 23.5 Å². The Morgan fingerprint density at radius 3 is 2.27 bits per heavy atom. The molecule has 0 bridgehead atoms. The molecule has 218 valence electrons. The Hall–Kier alpha value is -4.44. The third-order valence-electron chi connectivity index (χ3n) is 5.60. The molecule has 41 heavy (non-hydrogen) atoms. The number of benzene rings is 1. The summed E-state index contributed by atoms with van der Waals surface area (Å²) < 4.78 is 42.2. The fraction of sp³-hybridized carbons (Fsp3) is 0.400. The number of amides is 1. The molecule has 0 unspecified atom stereocenters. The fourth-order valence-electron chi connectivity index (χ4n) is 4.06. The lowest BCUT2D eigenvalue weighted by atomic mass is 10.1. The van der Waals surface area contributed by atoms with Crippen LogP contribution < -0.4 is 14.9 Å². The molecule has 1 aliphatic rings. The summed E-state index contributed by atoms with van der Waals surface area (Å²) in [6.07, 6.45) is -5.12. The third kappa shape index (κ3) is 7.01. The van der Waals surface area contributed by atoms with Gasteiger partial charge in [-0.05, 0) is 17.7 Å². The molecule has 4 rings (SSSR count). The molecule has 1 saturated heterocycles. The van der Waals surface area contributed by atoms with E-state index in [1.54, 1.807) is 0 Å². The average Bonchev–Trinajstić information content (AvgIpc) is 3.37. The number of anilines is 1. The molecule has 1 amide bonds. The van der Waals surface area contributed by atoms with Crippen molar-refractivity contribution in [2.75, 3.05) is 11.9 Å². The number of halogens is 1. The zero-order valence-electron chi connectivity index (χ0n) is 22.2. The topological polar surface area (TPSA) is 174 Å². The predicted molar refractivity (Wildman–Crippen MR) is 138 cm³/mol. The van der Waals surface area contributed by atoms with Gasteiger partial charge in [0, 0.05) is 27.7 Å². The van der Waals surface area contributed by atoms with Crippen molar-refractivity contribution < 1.29 is 47.3 Å². The van der Waals surface area contributed by atoms with Gasteiger partial charge in [0.2, 0.25) is 17.7 Å². The van der Waals surface area contributed by atoms with Crippen LogP contribution in [0.2, 0.25) is 0 Å². The molecule has 16 heteroatoms. The van der Waals surface area contributed by atoms with Gasteiger partial charge in [-0.15, -0.1) is 0 Å². The number of ether oxygens (including phenoxy) is 5. The number of fused-ring (bicyclic) bond motifs is 1. The highest BCUT2D eigenvalue weighted by Gasteiger charge is 2.51. The first-order valence-electron chi connectivity index (χ1n) is 12.1. The van der Waals surface area contributed by atoms with E-state index >= 15 is 0 Å². The maximum absolute atomic E-state index is 13.4. The van der Waals surface area contributed by atoms with E-state index in [1.807, 2.05) is 0 Å². The molecule has 1 aromatic carbocycles. The Balaban J connectivity index is 1.81. The summed E-state index contributed by atoms with van der Waals surface area (Å²) in [5.74, 6) is -3.36. The molecule has 4 atom stereocenters. The van der Waals surface area contributed by atoms with Gasteiger partial charge in [0.05, 0.1) is 0 Å². The zero-order chi connectivity index (χ0) is 29.8. The Kier molecular flexibility index (Phi) is 8.92. The second-order valence-electron chi connectivity index (χ2n) is 8.86. The number of carbonyl (C=O) groups excluding carboxylic acids is 4. The van der Waals surface area contributed by atoms with Gasteiger partial charge in [0.1, 0.15) is 29.8 Å². The van der Waals surface area contributed by atoms with Crippen LogP contribution in [0.3, 0.4) is 0 Å². The summed E-state index contributed by atoms with van der Waals surface area (Å²) >= 11 is 0.684. The van der Waals surface area contributed by atoms with E-state index in [4.69, 9.17) is 23.7 Å². The number of nitrogens with zero attached hydrogens (tertiary/aromatic N) is 3. The Labute approximate surface area is 235 Å². The lowest BCUT2D eigenvalue weighted by Gasteiger charge is -2.23. The van der Waals surface area contributed by atoms with Crippen molar-refractivity contribution in [1.29, 1.82) is 0 Å². The van der Waals surface area contributed by atoms with Crippen LogP contribution in [0.25, 0.3) is 10.3 Å². The molecule has 0 radical (unpaired) electrons. The highest BCUT2D eigenvalue weighted by atomic mass is 32.1. The number of hydrogen-bond acceptors (Lipinski definition) is 13. The van der Waals surface area contributed by atoms with Crippen molar-refractivity contribution in [2.45, 2.75) is 58.8 Å². The van der Waals surface area contributed by atoms with Gasteiger partial charge in [0.15, 0.2) is 24.1 Å². The Morgan fingerprint density at radius 2 is 1.66 bits per heavy atom. The largest absolute Gasteiger partial charge is 0.472 e. The molecule has 1 fully saturated rings. The fourth-order valence-corrected chi connectivity index (χ4v) is 4.95. The molecule has 3 heterocycles. The van der Waals surface area contributed by atoms with Crippen molar-refractivity contribution in [1.82, 2.24) is 14.5 Å². The van der Waals surface area contributed by atoms with Gasteiger partial charge >= 0.3 is 22.8 Å². The molecule has 0 aliphatic carbocycles. The third-order valence-corrected chi connectivity index (χ3v) is 6.54. The molecule has 1 N–H and O–H groups in total. The number of esters is 3. The number of nitrogens with one attached hydrogen (secondary N) is 1. The molecular formula is C25H25FN4O10S. The van der Waals surface area contributed by atoms with Crippen LogP contribution in [0, 0.1) is 5.82 Å². The SMILES string of the molecule is CC(=O)Nc1nc(OCc2ccc(F)cc2)c2sc(=O)n([C@@H]3O[C@H](COC(C)=O)[C@@H](OC(C)=O)[C@H]3OC(C)=O)c2n1. The summed E-state index contributed by atoms with van der Waals surface area (Å²) in [5, 5.41) is 2.44. The highest BCUT2D eigenvalue weighted by Crippen LogP contribution is 2.37. The standard InChI is InChI=1S/C25H25FN4O10S/c1-11(31)27-24-28-21-20(22(29-24)37-9-15-5-7-16(26)8-6-15)41-25(35)30(21)23-19(39-14(4)34)18(38-13(3)33)17(40-23)10-36-12(2)32/h5-8,17-19,23H,9-10H2,1-4H3,(H,27,28,29,31)/t17-,18-,19-,23-/m1/s1. The lowest BCUT2D eigenvalue weighted by molar-refractivity contribution is -0.166. The molecule has 3 aromatic rings. The van der Waals surface area contributed by atoms with E-state index in [9.17, 15) is 28.4 Å². The minimum Gasteiger partial charge on any atom is -0.472 e. The van der Waals surface area contributed by atoms with E-state index in [0.717, 1.165) is 18.4 Å². The number of rotatable bonds is 9. The zero-order valence-corrected chi connectivity index (χ0v) is 23.1. The van der Waals surface area contributed by atoms with E-state index in [0.29, 0.717) is 16.9 Å². The van der Waals surface area contributed by atoms with Crippen LogP contribution in [-0.2, 0) is 44.7 Å². The van der Waals surface area contributed by atoms with Crippen LogP contribution in [0.4, 0.5) is 10.3 Å². The van der Waals surface area contributed by atoms with Crippen molar-refractivity contribution in [3.63, 3.8) is 0 Å². The average molecular weight is 593 g/mol. The smallest absolute Gasteiger partial charge is 0.311 e. The summed E-state index contributed by atoms with van der Waals surface area (Å²) in [7, 11) is 0. The maximum atomic E-state index is 13.4. The molecule has 2 aromatic heterocycles. The molecule has 0 saturated carbocycles. The van der Waals surface area contributed by atoms with Crippen LogP contribution in [-0.4, -0.2) is 63.3 Å². The quantitative estimate of drug-likeness (QED) is 0.283. The summed E-state index contributed by atoms with van der Waals surface area (Å²) in [6, 6.07) is 5.52. The predicted octanol–water partition coefficient (Wildman–Crippen LogP) is 1.85. The number of hydrogen-bond donors (Lipinski definition) is 1. The Bertz CT molecular complexity index is 1540. The molecule has 1 aliphatic heterocycles. The molecule has 0 spiro atoms. The first kappa shape index (κ1) is 29.5. The van der Waals surface area contributed by atoms with E-state index in [2.05, 4.69) is 15.3 Å². The highest BCUT2D eigenvalue weighted by molar-refractivity contribution is 7.16. The van der Waals surface area contributed by atoms with Gasteiger partial charge in [-0.3, -0.25) is 33.9 Å². The van der Waals surface area contributed by atoms with Gasteiger partial charge < -0.3 is 23.7 Å². The minimum atomic E-state index is -1.39. The normalized spacial score (nSPS) is 19.9. The monoisotopic (exact) mass is 592 g/mol. The lowest BCUT2D eigenvalue weighted by Crippen LogP contribution is -2.41. The summed E-state index contributed by atoms with van der Waals surface area (Å²) in [6.45, 7) is 4.21. The van der Waals surface area contributed by atoms with Crippen LogP contribution in [0.5, 0.6) is 5.88 Å². The second-order valence-corrected chi connectivity index (χ2v) is 9.82. The van der Waals surface area contributed by atoms with Crippen molar-refractivity contribution in [2.24, 2.45) is 0 Å². The van der Waals surface area contributed by atoms with Crippen molar-refractivity contribution in [3.8, 4) is 5.88 Å². The van der Waals surface area contributed by atoms with Crippen LogP contribution in [0.1, 0.15) is 39.5 Å². The second kappa shape index (κ2) is 12.4. The van der Waals surface area contributed by atoms with E-state index in [-0.39, 0.29) is 35.4 Å². The van der Waals surface area contributed by atoms with Gasteiger partial charge in [-0.2, -0.15) is 9.97 Å². The van der Waals surface area contributed by atoms with Crippen molar-refractivity contribution >= 4 is 51.4 Å². The first-order valence-corrected chi connectivity index (χ1v) is 13.0. The molecule has 14 nitrogen and oxygen atoms in total. The number of thiazole rings is 1. The van der Waals surface area contributed by atoms with Crippen LogP contribution in [0.15, 0.2) is 29.1 Å². The number of aromatic nitrogens is 3. The maximum Gasteiger partial charge on any atom is 0.311 e.